The summed E-state index contributed by atoms with van der Waals surface area (Å²) in [5.41, 5.74) is 16.8. The van der Waals surface area contributed by atoms with Gasteiger partial charge in [-0.15, -0.1) is 11.3 Å². The Balaban J connectivity index is 1.09. The Labute approximate surface area is 520 Å². The van der Waals surface area contributed by atoms with Gasteiger partial charge in [-0.3, -0.25) is 0 Å². The molecule has 2 aliphatic heterocycles. The van der Waals surface area contributed by atoms with Crippen LogP contribution in [0.1, 0.15) is 26.3 Å². The number of benzene rings is 13. The van der Waals surface area contributed by atoms with Crippen molar-refractivity contribution in [2.75, 3.05) is 4.90 Å². The summed E-state index contributed by atoms with van der Waals surface area (Å²) in [6.07, 6.45) is 2.29. The van der Waals surface area contributed by atoms with Gasteiger partial charge in [0.05, 0.1) is 27.8 Å². The van der Waals surface area contributed by atoms with Crippen molar-refractivity contribution in [3.05, 3.63) is 297 Å². The summed E-state index contributed by atoms with van der Waals surface area (Å²) in [5, 5.41) is 17.8. The van der Waals surface area contributed by atoms with E-state index in [1.807, 2.05) is 11.3 Å². The van der Waals surface area contributed by atoms with Gasteiger partial charge in [0.2, 0.25) is 0 Å². The van der Waals surface area contributed by atoms with Crippen LogP contribution in [0, 0.1) is 0 Å². The van der Waals surface area contributed by atoms with Gasteiger partial charge in [0, 0.05) is 81.8 Å². The van der Waals surface area contributed by atoms with Crippen molar-refractivity contribution in [2.24, 2.45) is 0 Å². The van der Waals surface area contributed by atoms with Crippen molar-refractivity contribution in [2.45, 2.75) is 26.2 Å². The summed E-state index contributed by atoms with van der Waals surface area (Å²) in [7, 11) is -3.28. The van der Waals surface area contributed by atoms with E-state index in [2.05, 4.69) is 331 Å². The number of fused-ring (bicyclic) bond motifs is 17. The summed E-state index contributed by atoms with van der Waals surface area (Å²) in [6, 6.07) is 110. The Morgan fingerprint density at radius 1 is 0.393 bits per heavy atom. The highest BCUT2D eigenvalue weighted by molar-refractivity contribution is 7.34. The zero-order valence-electron chi connectivity index (χ0n) is 49.5. The molecule has 13 aromatic carbocycles. The first-order valence-electron chi connectivity index (χ1n) is 31.1. The van der Waals surface area contributed by atoms with Gasteiger partial charge in [-0.1, -0.05) is 221 Å². The lowest BCUT2D eigenvalue weighted by molar-refractivity contribution is 0.590. The van der Waals surface area contributed by atoms with Gasteiger partial charge >= 0.3 is 0 Å². The van der Waals surface area contributed by atoms with Crippen LogP contribution in [0.4, 0.5) is 17.1 Å². The van der Waals surface area contributed by atoms with E-state index >= 15 is 0 Å². The topological polar surface area (TPSA) is 17.5 Å². The van der Waals surface area contributed by atoms with E-state index in [4.69, 9.17) is 0 Å². The summed E-state index contributed by atoms with van der Waals surface area (Å²) in [6.45, 7) is 6.82. The van der Waals surface area contributed by atoms with Crippen LogP contribution in [-0.2, 0) is 5.41 Å². The maximum absolute atomic E-state index is 3.28. The molecule has 0 radical (unpaired) electrons. The van der Waals surface area contributed by atoms with Crippen LogP contribution in [0.25, 0.3) is 103 Å². The van der Waals surface area contributed by atoms with Gasteiger partial charge < -0.3 is 18.4 Å². The second-order valence-corrected chi connectivity index (χ2v) is 30.4. The predicted octanol–water partition coefficient (Wildman–Crippen LogP) is 16.7. The largest absolute Gasteiger partial charge is 0.315 e. The molecule has 4 nitrogen and oxygen atoms in total. The number of nitrogens with zero attached hydrogens (tertiary/aromatic N) is 4. The molecule has 4 bridgehead atoms. The normalized spacial score (nSPS) is 13.1. The van der Waals surface area contributed by atoms with Gasteiger partial charge in [-0.05, 0) is 149 Å². The smallest absolute Gasteiger partial charge is 0.264 e. The molecule has 17 aromatic rings. The molecule has 19 rings (SSSR count). The van der Waals surface area contributed by atoms with E-state index < -0.39 is 8.07 Å². The fourth-order valence-electron chi connectivity index (χ4n) is 16.1. The first kappa shape index (κ1) is 50.7. The molecule has 0 amide bonds. The molecule has 418 valence electrons. The number of aromatic nitrogens is 3. The number of anilines is 3. The zero-order valence-corrected chi connectivity index (χ0v) is 51.3. The standard InChI is InChI=1S/C82H57BN4SSi/c1-82(2,3)54-39-41-56(42-40-54)86-73-50-61(89(58-25-10-5-11-26-58,59-27-12-6-13-28-59)60-29-14-7-15-30-60)51-74-77(73)83(81-79(86)76-65-34-18-16-32-63(65)64-33-17-19-35-66(64)80(76)88-81)68-44-43-57-49-72(68)87(74)71-38-22-37-70-75(71)67-48-53(47-52-45-46-84(70)78(52)67)62-31-20-21-36-69(62)85(57)55-23-8-4-9-24-55/h4-51H,1-3H3. The number of rotatable bonds is 6. The predicted molar refractivity (Wildman–Crippen MR) is 384 cm³/mol. The highest BCUT2D eigenvalue weighted by atomic mass is 32.1. The van der Waals surface area contributed by atoms with E-state index in [1.165, 1.54) is 134 Å². The third-order valence-corrected chi connectivity index (χ3v) is 25.9. The Hall–Kier alpha value is -10.4. The summed E-state index contributed by atoms with van der Waals surface area (Å²) >= 11 is 2.00. The molecular formula is C82H57BN4SSi. The summed E-state index contributed by atoms with van der Waals surface area (Å²) in [5.74, 6) is 0. The molecule has 0 unspecified atom stereocenters. The van der Waals surface area contributed by atoms with Crippen molar-refractivity contribution >= 4 is 171 Å². The Bertz CT molecular complexity index is 5740. The average Bonchev–Trinajstić information content (AvgIpc) is 1.73. The third-order valence-electron chi connectivity index (χ3n) is 19.9. The third kappa shape index (κ3) is 7.05. The molecule has 0 spiro atoms. The molecule has 0 aliphatic carbocycles. The minimum Gasteiger partial charge on any atom is -0.315 e. The molecule has 4 aromatic heterocycles. The van der Waals surface area contributed by atoms with Crippen LogP contribution in [0.2, 0.25) is 0 Å². The molecular weight excluding hydrogens is 1110 g/mol. The van der Waals surface area contributed by atoms with Crippen molar-refractivity contribution in [1.82, 2.24) is 13.5 Å². The lowest BCUT2D eigenvalue weighted by Crippen LogP contribution is -2.75. The molecule has 0 fully saturated rings. The number of hydrogen-bond acceptors (Lipinski definition) is 2. The average molecular weight is 1170 g/mol. The van der Waals surface area contributed by atoms with Crippen LogP contribution in [0.15, 0.2) is 291 Å². The maximum atomic E-state index is 2.72. The molecule has 0 saturated carbocycles. The van der Waals surface area contributed by atoms with Crippen molar-refractivity contribution in [3.63, 3.8) is 0 Å². The van der Waals surface area contributed by atoms with Crippen molar-refractivity contribution in [1.29, 1.82) is 0 Å². The molecule has 7 heteroatoms. The molecule has 2 aliphatic rings. The molecule has 0 N–H and O–H groups in total. The Morgan fingerprint density at radius 3 is 1.66 bits per heavy atom. The van der Waals surface area contributed by atoms with Gasteiger partial charge in [-0.2, -0.15) is 0 Å². The van der Waals surface area contributed by atoms with Gasteiger partial charge in [0.1, 0.15) is 0 Å². The maximum Gasteiger partial charge on any atom is 0.264 e. The van der Waals surface area contributed by atoms with E-state index in [0.29, 0.717) is 0 Å². The van der Waals surface area contributed by atoms with E-state index in [-0.39, 0.29) is 12.1 Å². The van der Waals surface area contributed by atoms with E-state index in [1.54, 1.807) is 0 Å². The van der Waals surface area contributed by atoms with Crippen LogP contribution in [0.5, 0.6) is 0 Å². The minimum absolute atomic E-state index is 0.0458. The van der Waals surface area contributed by atoms with E-state index in [9.17, 15) is 0 Å². The monoisotopic (exact) mass is 1170 g/mol. The summed E-state index contributed by atoms with van der Waals surface area (Å²) < 4.78 is 10.3. The first-order valence-corrected chi connectivity index (χ1v) is 33.9. The fourth-order valence-corrected chi connectivity index (χ4v) is 22.3. The molecule has 0 saturated heterocycles. The quantitative estimate of drug-likeness (QED) is 0.0921. The van der Waals surface area contributed by atoms with Crippen LogP contribution in [0.3, 0.4) is 0 Å². The molecule has 89 heavy (non-hydrogen) atoms. The Kier molecular flexibility index (Phi) is 10.7. The highest BCUT2D eigenvalue weighted by Crippen LogP contribution is 2.50. The van der Waals surface area contributed by atoms with Crippen molar-refractivity contribution in [3.8, 4) is 11.4 Å². The number of thiophene rings is 1. The van der Waals surface area contributed by atoms with Crippen molar-refractivity contribution < 1.29 is 0 Å². The van der Waals surface area contributed by atoms with E-state index in [0.717, 1.165) is 27.9 Å². The number of para-hydroxylation sites is 2. The second kappa shape index (κ2) is 18.8. The van der Waals surface area contributed by atoms with Gasteiger partial charge in [0.15, 0.2) is 8.07 Å². The lowest BCUT2D eigenvalue weighted by atomic mass is 9.36. The van der Waals surface area contributed by atoms with Gasteiger partial charge in [-0.25, -0.2) is 0 Å². The summed E-state index contributed by atoms with van der Waals surface area (Å²) in [4.78, 5) is 2.72. The minimum atomic E-state index is -3.28. The molecule has 0 atom stereocenters. The lowest BCUT2D eigenvalue weighted by Gasteiger charge is -2.42. The first-order chi connectivity index (χ1) is 43.8. The fraction of sp³-hybridized carbons (Fsp3) is 0.0488. The Morgan fingerprint density at radius 2 is 0.978 bits per heavy atom. The second-order valence-electron chi connectivity index (χ2n) is 25.5. The van der Waals surface area contributed by atoms with Crippen LogP contribution < -0.4 is 41.3 Å². The van der Waals surface area contributed by atoms with Crippen LogP contribution >= 0.6 is 11.3 Å². The molecule has 6 heterocycles. The SMILES string of the molecule is CC(C)(C)c1ccc(N2c3cc([Si](c4ccccc4)(c4ccccc4)c4ccccc4)cc4c3B(c3sc5c6ccccc6c6ccccc6c5c32)c2ccc3cc2n-4c2cccc4c2c2cc(cc5ccn4c52)c2ccccc2n3-c2ccccc2)cc1. The number of hydrogen-bond donors (Lipinski definition) is 0. The zero-order chi connectivity index (χ0) is 58.9. The highest BCUT2D eigenvalue weighted by Gasteiger charge is 2.48. The van der Waals surface area contributed by atoms with Crippen LogP contribution in [-0.4, -0.2) is 28.3 Å². The van der Waals surface area contributed by atoms with Gasteiger partial charge in [0.25, 0.3) is 6.71 Å².